The topological polar surface area (TPSA) is 61.0 Å². The number of ether oxygens (including phenoxy) is 1. The van der Waals surface area contributed by atoms with Crippen LogP contribution in [0.15, 0.2) is 11.4 Å². The molecule has 0 atom stereocenters. The molecule has 0 spiro atoms. The molecule has 4 nitrogen and oxygen atoms in total. The summed E-state index contributed by atoms with van der Waals surface area (Å²) in [6.45, 7) is 3.23. The van der Waals surface area contributed by atoms with E-state index in [0.29, 0.717) is 18.2 Å². The fraction of sp³-hybridized carbons (Fsp3) is 0.400. The van der Waals surface area contributed by atoms with Crippen molar-refractivity contribution in [1.82, 2.24) is 9.97 Å². The fourth-order valence-corrected chi connectivity index (χ4v) is 2.09. The highest BCUT2D eigenvalue weighted by molar-refractivity contribution is 7.16. The molecule has 2 rings (SSSR count). The first kappa shape index (κ1) is 10.3. The summed E-state index contributed by atoms with van der Waals surface area (Å²) in [6.07, 6.45) is 0.997. The van der Waals surface area contributed by atoms with E-state index in [1.165, 1.54) is 0 Å². The van der Waals surface area contributed by atoms with Gasteiger partial charge in [0.15, 0.2) is 5.82 Å². The van der Waals surface area contributed by atoms with Crippen LogP contribution in [-0.4, -0.2) is 16.6 Å². The monoisotopic (exact) mass is 223 g/mol. The van der Waals surface area contributed by atoms with Gasteiger partial charge in [0.25, 0.3) is 0 Å². The van der Waals surface area contributed by atoms with Gasteiger partial charge in [-0.15, -0.1) is 11.3 Å². The Hall–Kier alpha value is -1.20. The molecular weight excluding hydrogens is 210 g/mol. The average molecular weight is 223 g/mol. The molecule has 0 saturated carbocycles. The molecule has 80 valence electrons. The lowest BCUT2D eigenvalue weighted by Crippen LogP contribution is -2.02. The van der Waals surface area contributed by atoms with E-state index in [1.807, 2.05) is 11.4 Å². The van der Waals surface area contributed by atoms with Crippen LogP contribution in [0.3, 0.4) is 0 Å². The lowest BCUT2D eigenvalue weighted by Gasteiger charge is -2.02. The first-order valence-electron chi connectivity index (χ1n) is 4.88. The summed E-state index contributed by atoms with van der Waals surface area (Å²) in [7, 11) is 0. The molecule has 0 fully saturated rings. The molecule has 0 aliphatic heterocycles. The second-order valence-electron chi connectivity index (χ2n) is 3.22. The normalized spacial score (nSPS) is 11.0. The maximum atomic E-state index is 5.81. The van der Waals surface area contributed by atoms with Gasteiger partial charge in [-0.25, -0.2) is 9.97 Å². The van der Waals surface area contributed by atoms with Gasteiger partial charge in [0.1, 0.15) is 17.3 Å². The SMILES string of the molecule is CCCOCc1nc(N)c2ccsc2n1. The van der Waals surface area contributed by atoms with Crippen molar-refractivity contribution in [2.45, 2.75) is 20.0 Å². The van der Waals surface area contributed by atoms with E-state index in [-0.39, 0.29) is 0 Å². The largest absolute Gasteiger partial charge is 0.383 e. The van der Waals surface area contributed by atoms with Crippen molar-refractivity contribution >= 4 is 27.4 Å². The Labute approximate surface area is 92.1 Å². The third-order valence-corrected chi connectivity index (χ3v) is 2.79. The molecular formula is C10H13N3OS. The van der Waals surface area contributed by atoms with E-state index >= 15 is 0 Å². The molecule has 2 aromatic rings. The number of nitrogens with zero attached hydrogens (tertiary/aromatic N) is 2. The summed E-state index contributed by atoms with van der Waals surface area (Å²) in [5.74, 6) is 1.20. The second-order valence-corrected chi connectivity index (χ2v) is 4.11. The van der Waals surface area contributed by atoms with Crippen LogP contribution < -0.4 is 5.73 Å². The van der Waals surface area contributed by atoms with Crippen LogP contribution in [0.25, 0.3) is 10.2 Å². The fourth-order valence-electron chi connectivity index (χ4n) is 1.30. The van der Waals surface area contributed by atoms with Crippen molar-refractivity contribution in [1.29, 1.82) is 0 Å². The number of nitrogens with two attached hydrogens (primary N) is 1. The van der Waals surface area contributed by atoms with Crippen molar-refractivity contribution < 1.29 is 4.74 Å². The highest BCUT2D eigenvalue weighted by Crippen LogP contribution is 2.22. The van der Waals surface area contributed by atoms with Gasteiger partial charge in [-0.05, 0) is 17.9 Å². The Morgan fingerprint density at radius 1 is 1.47 bits per heavy atom. The van der Waals surface area contributed by atoms with Crippen LogP contribution in [0, 0.1) is 0 Å². The number of fused-ring (bicyclic) bond motifs is 1. The minimum Gasteiger partial charge on any atom is -0.383 e. The van der Waals surface area contributed by atoms with Gasteiger partial charge < -0.3 is 10.5 Å². The zero-order chi connectivity index (χ0) is 10.7. The standard InChI is InChI=1S/C10H13N3OS/c1-2-4-14-6-8-12-9(11)7-3-5-15-10(7)13-8/h3,5H,2,4,6H2,1H3,(H2,11,12,13). The smallest absolute Gasteiger partial charge is 0.158 e. The van der Waals surface area contributed by atoms with Gasteiger partial charge >= 0.3 is 0 Å². The minimum atomic E-state index is 0.436. The number of thiophene rings is 1. The highest BCUT2D eigenvalue weighted by atomic mass is 32.1. The average Bonchev–Trinajstić information content (AvgIpc) is 2.66. The zero-order valence-electron chi connectivity index (χ0n) is 8.56. The summed E-state index contributed by atoms with van der Waals surface area (Å²) in [6, 6.07) is 1.94. The molecule has 0 saturated heterocycles. The molecule has 2 N–H and O–H groups in total. The summed E-state index contributed by atoms with van der Waals surface area (Å²) in [4.78, 5) is 9.49. The van der Waals surface area contributed by atoms with E-state index in [0.717, 1.165) is 23.2 Å². The van der Waals surface area contributed by atoms with Gasteiger partial charge in [0.2, 0.25) is 0 Å². The van der Waals surface area contributed by atoms with Crippen LogP contribution >= 0.6 is 11.3 Å². The first-order valence-corrected chi connectivity index (χ1v) is 5.76. The molecule has 5 heteroatoms. The third-order valence-electron chi connectivity index (χ3n) is 1.98. The number of hydrogen-bond donors (Lipinski definition) is 1. The molecule has 0 unspecified atom stereocenters. The number of hydrogen-bond acceptors (Lipinski definition) is 5. The predicted octanol–water partition coefficient (Wildman–Crippen LogP) is 2.20. The molecule has 0 amide bonds. The molecule has 2 aromatic heterocycles. The minimum absolute atomic E-state index is 0.436. The summed E-state index contributed by atoms with van der Waals surface area (Å²) in [5, 5.41) is 2.89. The molecule has 0 aliphatic carbocycles. The van der Waals surface area contributed by atoms with Crippen LogP contribution in [0.4, 0.5) is 5.82 Å². The number of anilines is 1. The molecule has 0 aliphatic rings. The Bertz CT molecular complexity index is 455. The van der Waals surface area contributed by atoms with Crippen molar-refractivity contribution in [3.8, 4) is 0 Å². The second kappa shape index (κ2) is 4.55. The van der Waals surface area contributed by atoms with Gasteiger partial charge in [0.05, 0.1) is 5.39 Å². The summed E-state index contributed by atoms with van der Waals surface area (Å²) < 4.78 is 5.37. The summed E-state index contributed by atoms with van der Waals surface area (Å²) in [5.41, 5.74) is 5.81. The van der Waals surface area contributed by atoms with E-state index in [1.54, 1.807) is 11.3 Å². The van der Waals surface area contributed by atoms with Crippen molar-refractivity contribution in [3.05, 3.63) is 17.3 Å². The van der Waals surface area contributed by atoms with Crippen molar-refractivity contribution in [3.63, 3.8) is 0 Å². The maximum Gasteiger partial charge on any atom is 0.158 e. The van der Waals surface area contributed by atoms with Crippen molar-refractivity contribution in [2.75, 3.05) is 12.3 Å². The van der Waals surface area contributed by atoms with E-state index < -0.39 is 0 Å². The third kappa shape index (κ3) is 2.24. The van der Waals surface area contributed by atoms with E-state index in [9.17, 15) is 0 Å². The molecule has 0 radical (unpaired) electrons. The van der Waals surface area contributed by atoms with Gasteiger partial charge in [-0.3, -0.25) is 0 Å². The lowest BCUT2D eigenvalue weighted by molar-refractivity contribution is 0.116. The van der Waals surface area contributed by atoms with E-state index in [2.05, 4.69) is 16.9 Å². The number of rotatable bonds is 4. The summed E-state index contributed by atoms with van der Waals surface area (Å²) >= 11 is 1.57. The highest BCUT2D eigenvalue weighted by Gasteiger charge is 2.05. The molecule has 0 bridgehead atoms. The van der Waals surface area contributed by atoms with Gasteiger partial charge in [0, 0.05) is 6.61 Å². The molecule has 0 aromatic carbocycles. The Morgan fingerprint density at radius 3 is 3.13 bits per heavy atom. The number of nitrogen functional groups attached to an aromatic ring is 1. The Kier molecular flexibility index (Phi) is 3.13. The first-order chi connectivity index (χ1) is 7.31. The van der Waals surface area contributed by atoms with Crippen molar-refractivity contribution in [2.24, 2.45) is 0 Å². The lowest BCUT2D eigenvalue weighted by atomic mass is 10.4. The van der Waals surface area contributed by atoms with Gasteiger partial charge in [-0.1, -0.05) is 6.92 Å². The van der Waals surface area contributed by atoms with Crippen LogP contribution in [0.1, 0.15) is 19.2 Å². The quantitative estimate of drug-likeness (QED) is 0.807. The van der Waals surface area contributed by atoms with E-state index in [4.69, 9.17) is 10.5 Å². The molecule has 15 heavy (non-hydrogen) atoms. The Morgan fingerprint density at radius 2 is 2.33 bits per heavy atom. The number of aromatic nitrogens is 2. The predicted molar refractivity (Wildman–Crippen MR) is 61.8 cm³/mol. The zero-order valence-corrected chi connectivity index (χ0v) is 9.38. The van der Waals surface area contributed by atoms with Crippen LogP contribution in [-0.2, 0) is 11.3 Å². The van der Waals surface area contributed by atoms with Crippen LogP contribution in [0.2, 0.25) is 0 Å². The molecule has 2 heterocycles. The van der Waals surface area contributed by atoms with Crippen LogP contribution in [0.5, 0.6) is 0 Å². The van der Waals surface area contributed by atoms with Gasteiger partial charge in [-0.2, -0.15) is 0 Å². The maximum absolute atomic E-state index is 5.81. The Balaban J connectivity index is 2.21.